The van der Waals surface area contributed by atoms with Crippen LogP contribution in [0.3, 0.4) is 0 Å². The van der Waals surface area contributed by atoms with Gasteiger partial charge in [-0.1, -0.05) is 51.1 Å². The van der Waals surface area contributed by atoms with E-state index in [9.17, 15) is 15.3 Å². The van der Waals surface area contributed by atoms with Gasteiger partial charge in [0.1, 0.15) is 12.4 Å². The molecule has 0 aliphatic carbocycles. The van der Waals surface area contributed by atoms with Crippen molar-refractivity contribution in [3.05, 3.63) is 65.2 Å². The first-order valence-electron chi connectivity index (χ1n) is 10.3. The minimum atomic E-state index is -1.47. The van der Waals surface area contributed by atoms with Crippen molar-refractivity contribution in [2.24, 2.45) is 0 Å². The predicted molar refractivity (Wildman–Crippen MR) is 112 cm³/mol. The summed E-state index contributed by atoms with van der Waals surface area (Å²) in [5.41, 5.74) is 2.01. The van der Waals surface area contributed by atoms with Crippen LogP contribution in [0.2, 0.25) is 0 Å². The fourth-order valence-corrected chi connectivity index (χ4v) is 3.52. The van der Waals surface area contributed by atoms with Crippen molar-refractivity contribution in [2.45, 2.75) is 77.3 Å². The number of ether oxygens (including phenoxy) is 1. The summed E-state index contributed by atoms with van der Waals surface area (Å²) in [6.07, 6.45) is 2.87. The topological polar surface area (TPSA) is 69.9 Å². The van der Waals surface area contributed by atoms with Crippen molar-refractivity contribution < 1.29 is 20.1 Å². The SMILES string of the molecule is CCC(CCC(O)(CC)CC)c1cccc(OCc2cccc(C(O)O)c2)c1. The zero-order valence-corrected chi connectivity index (χ0v) is 17.3. The molecule has 154 valence electrons. The minimum absolute atomic E-state index is 0.367. The van der Waals surface area contributed by atoms with Crippen LogP contribution in [0.1, 0.15) is 81.8 Å². The molecule has 1 unspecified atom stereocenters. The third kappa shape index (κ3) is 6.33. The Kier molecular flexibility index (Phi) is 8.49. The van der Waals surface area contributed by atoms with Gasteiger partial charge in [0.05, 0.1) is 5.60 Å². The molecule has 28 heavy (non-hydrogen) atoms. The molecule has 0 fully saturated rings. The number of hydrogen-bond acceptors (Lipinski definition) is 4. The number of aliphatic hydroxyl groups excluding tert-OH is 1. The molecule has 0 aliphatic heterocycles. The van der Waals surface area contributed by atoms with E-state index in [1.165, 1.54) is 5.56 Å². The van der Waals surface area contributed by atoms with Crippen LogP contribution in [0.4, 0.5) is 0 Å². The molecule has 0 heterocycles. The number of benzene rings is 2. The second-order valence-electron chi connectivity index (χ2n) is 7.56. The van der Waals surface area contributed by atoms with Crippen LogP contribution in [-0.2, 0) is 6.61 Å². The molecule has 0 spiro atoms. The first-order chi connectivity index (χ1) is 13.4. The number of rotatable bonds is 11. The fourth-order valence-electron chi connectivity index (χ4n) is 3.52. The summed E-state index contributed by atoms with van der Waals surface area (Å²) in [5, 5.41) is 29.2. The van der Waals surface area contributed by atoms with E-state index in [1.807, 2.05) is 32.0 Å². The van der Waals surface area contributed by atoms with E-state index in [0.717, 1.165) is 43.4 Å². The van der Waals surface area contributed by atoms with Gasteiger partial charge in [0.25, 0.3) is 0 Å². The molecular weight excluding hydrogens is 352 g/mol. The average Bonchev–Trinajstić information content (AvgIpc) is 2.73. The lowest BCUT2D eigenvalue weighted by Gasteiger charge is -2.27. The second-order valence-corrected chi connectivity index (χ2v) is 7.56. The van der Waals surface area contributed by atoms with Gasteiger partial charge in [-0.2, -0.15) is 0 Å². The summed E-state index contributed by atoms with van der Waals surface area (Å²) in [7, 11) is 0. The first-order valence-corrected chi connectivity index (χ1v) is 10.3. The lowest BCUT2D eigenvalue weighted by atomic mass is 9.84. The maximum Gasteiger partial charge on any atom is 0.178 e. The van der Waals surface area contributed by atoms with Crippen molar-refractivity contribution in [2.75, 3.05) is 0 Å². The van der Waals surface area contributed by atoms with Gasteiger partial charge in [0.15, 0.2) is 6.29 Å². The minimum Gasteiger partial charge on any atom is -0.489 e. The summed E-state index contributed by atoms with van der Waals surface area (Å²) in [5.74, 6) is 1.19. The highest BCUT2D eigenvalue weighted by Gasteiger charge is 2.23. The maximum atomic E-state index is 10.6. The van der Waals surface area contributed by atoms with Gasteiger partial charge >= 0.3 is 0 Å². The van der Waals surface area contributed by atoms with Gasteiger partial charge in [-0.3, -0.25) is 0 Å². The molecule has 0 aliphatic rings. The highest BCUT2D eigenvalue weighted by Crippen LogP contribution is 2.32. The normalized spacial score (nSPS) is 13.0. The van der Waals surface area contributed by atoms with Gasteiger partial charge in [-0.15, -0.1) is 0 Å². The molecule has 0 bridgehead atoms. The predicted octanol–water partition coefficient (Wildman–Crippen LogP) is 5.07. The van der Waals surface area contributed by atoms with Crippen LogP contribution in [0, 0.1) is 0 Å². The molecule has 0 saturated carbocycles. The highest BCUT2D eigenvalue weighted by molar-refractivity contribution is 5.31. The van der Waals surface area contributed by atoms with Gasteiger partial charge in [-0.05, 0) is 67.3 Å². The Morgan fingerprint density at radius 3 is 2.25 bits per heavy atom. The van der Waals surface area contributed by atoms with Crippen molar-refractivity contribution in [3.63, 3.8) is 0 Å². The molecule has 2 aromatic rings. The molecule has 2 aromatic carbocycles. The molecule has 0 saturated heterocycles. The van der Waals surface area contributed by atoms with E-state index in [-0.39, 0.29) is 0 Å². The van der Waals surface area contributed by atoms with Crippen LogP contribution in [-0.4, -0.2) is 20.9 Å². The Bertz CT molecular complexity index is 722. The summed E-state index contributed by atoms with van der Waals surface area (Å²) in [6.45, 7) is 6.64. The lowest BCUT2D eigenvalue weighted by Crippen LogP contribution is -2.27. The number of aliphatic hydroxyl groups is 3. The molecule has 1 atom stereocenters. The molecule has 2 rings (SSSR count). The average molecular weight is 387 g/mol. The third-order valence-electron chi connectivity index (χ3n) is 5.75. The van der Waals surface area contributed by atoms with E-state index in [4.69, 9.17) is 4.74 Å². The van der Waals surface area contributed by atoms with Gasteiger partial charge in [0.2, 0.25) is 0 Å². The Hall–Kier alpha value is -1.88. The van der Waals surface area contributed by atoms with E-state index >= 15 is 0 Å². The van der Waals surface area contributed by atoms with E-state index in [1.54, 1.807) is 18.2 Å². The van der Waals surface area contributed by atoms with E-state index < -0.39 is 11.9 Å². The largest absolute Gasteiger partial charge is 0.489 e. The van der Waals surface area contributed by atoms with Crippen molar-refractivity contribution in [3.8, 4) is 5.75 Å². The van der Waals surface area contributed by atoms with Crippen LogP contribution in [0.25, 0.3) is 0 Å². The summed E-state index contributed by atoms with van der Waals surface area (Å²) in [4.78, 5) is 0. The van der Waals surface area contributed by atoms with Crippen molar-refractivity contribution in [1.29, 1.82) is 0 Å². The molecule has 4 heteroatoms. The molecule has 0 aromatic heterocycles. The molecule has 0 amide bonds. The van der Waals surface area contributed by atoms with Gasteiger partial charge in [-0.25, -0.2) is 0 Å². The monoisotopic (exact) mass is 386 g/mol. The Balaban J connectivity index is 2.03. The highest BCUT2D eigenvalue weighted by atomic mass is 16.5. The summed E-state index contributed by atoms with van der Waals surface area (Å²) >= 11 is 0. The standard InChI is InChI=1S/C24H34O4/c1-4-19(13-14-24(27,5-2)6-3)20-10-8-12-22(16-20)28-17-18-9-7-11-21(15-18)23(25)26/h7-12,15-16,19,23,25-27H,4-6,13-14,17H2,1-3H3. The lowest BCUT2D eigenvalue weighted by molar-refractivity contribution is -0.0425. The van der Waals surface area contributed by atoms with Crippen LogP contribution < -0.4 is 4.74 Å². The summed E-state index contributed by atoms with van der Waals surface area (Å²) in [6, 6.07) is 15.3. The summed E-state index contributed by atoms with van der Waals surface area (Å²) < 4.78 is 5.94. The zero-order valence-electron chi connectivity index (χ0n) is 17.3. The maximum absolute atomic E-state index is 10.6. The smallest absolute Gasteiger partial charge is 0.178 e. The van der Waals surface area contributed by atoms with Crippen LogP contribution in [0.15, 0.2) is 48.5 Å². The quantitative estimate of drug-likeness (QED) is 0.471. The van der Waals surface area contributed by atoms with Crippen LogP contribution >= 0.6 is 0 Å². The molecule has 3 N–H and O–H groups in total. The van der Waals surface area contributed by atoms with Crippen molar-refractivity contribution in [1.82, 2.24) is 0 Å². The Morgan fingerprint density at radius 2 is 1.61 bits per heavy atom. The zero-order chi connectivity index (χ0) is 20.6. The molecule has 0 radical (unpaired) electrons. The Labute approximate surface area is 168 Å². The van der Waals surface area contributed by atoms with Crippen LogP contribution in [0.5, 0.6) is 5.75 Å². The molecule has 4 nitrogen and oxygen atoms in total. The second kappa shape index (κ2) is 10.6. The van der Waals surface area contributed by atoms with Gasteiger partial charge in [0, 0.05) is 5.56 Å². The van der Waals surface area contributed by atoms with Crippen molar-refractivity contribution >= 4 is 0 Å². The fraction of sp³-hybridized carbons (Fsp3) is 0.500. The number of hydrogen-bond donors (Lipinski definition) is 3. The molecular formula is C24H34O4. The van der Waals surface area contributed by atoms with E-state index in [0.29, 0.717) is 18.1 Å². The van der Waals surface area contributed by atoms with Gasteiger partial charge < -0.3 is 20.1 Å². The first kappa shape index (κ1) is 22.4. The Morgan fingerprint density at radius 1 is 0.929 bits per heavy atom. The van der Waals surface area contributed by atoms with E-state index in [2.05, 4.69) is 19.1 Å². The third-order valence-corrected chi connectivity index (χ3v) is 5.75.